The van der Waals surface area contributed by atoms with Crippen molar-refractivity contribution >= 4 is 5.95 Å². The van der Waals surface area contributed by atoms with Crippen LogP contribution in [0.5, 0.6) is 0 Å². The first kappa shape index (κ1) is 15.3. The Hall–Kier alpha value is -2.02. The van der Waals surface area contributed by atoms with Crippen molar-refractivity contribution in [3.05, 3.63) is 41.3 Å². The maximum atomic E-state index is 14.5. The van der Waals surface area contributed by atoms with Gasteiger partial charge in [0, 0.05) is 25.4 Å². The predicted octanol–water partition coefficient (Wildman–Crippen LogP) is 2.72. The van der Waals surface area contributed by atoms with Crippen molar-refractivity contribution in [3.63, 3.8) is 0 Å². The van der Waals surface area contributed by atoms with Crippen LogP contribution < -0.4 is 4.90 Å². The van der Waals surface area contributed by atoms with Gasteiger partial charge in [0.05, 0.1) is 6.04 Å². The zero-order valence-corrected chi connectivity index (χ0v) is 14.0. The van der Waals surface area contributed by atoms with Gasteiger partial charge in [0.15, 0.2) is 11.6 Å². The summed E-state index contributed by atoms with van der Waals surface area (Å²) in [6.45, 7) is 4.41. The number of fused-ring (bicyclic) bond motifs is 2. The summed E-state index contributed by atoms with van der Waals surface area (Å²) in [5.41, 5.74) is 0.463. The minimum Gasteiger partial charge on any atom is -0.338 e. The molecule has 4 aliphatic heterocycles. The zero-order chi connectivity index (χ0) is 17.1. The normalized spacial score (nSPS) is 33.7. The van der Waals surface area contributed by atoms with E-state index in [1.165, 1.54) is 6.07 Å². The van der Waals surface area contributed by atoms with Crippen LogP contribution >= 0.6 is 0 Å². The van der Waals surface area contributed by atoms with Crippen LogP contribution in [0.1, 0.15) is 30.2 Å². The second-order valence-corrected chi connectivity index (χ2v) is 7.37. The molecule has 0 unspecified atom stereocenters. The highest BCUT2D eigenvalue weighted by Crippen LogP contribution is 2.47. The summed E-state index contributed by atoms with van der Waals surface area (Å²) in [4.78, 5) is 8.99. The quantitative estimate of drug-likeness (QED) is 0.837. The second kappa shape index (κ2) is 5.49. The molecule has 25 heavy (non-hydrogen) atoms. The van der Waals surface area contributed by atoms with E-state index in [-0.39, 0.29) is 18.0 Å². The van der Waals surface area contributed by atoms with Crippen LogP contribution in [0.25, 0.3) is 0 Å². The number of halogens is 2. The molecular formula is C18H20F2N4O. The summed E-state index contributed by atoms with van der Waals surface area (Å²) in [5, 5.41) is 4.09. The van der Waals surface area contributed by atoms with Crippen molar-refractivity contribution in [2.45, 2.75) is 37.8 Å². The Labute approximate surface area is 144 Å². The van der Waals surface area contributed by atoms with Gasteiger partial charge in [-0.25, -0.2) is 8.78 Å². The highest BCUT2D eigenvalue weighted by Gasteiger charge is 2.54. The molecule has 132 valence electrons. The number of nitrogens with zero attached hydrogens (tertiary/aromatic N) is 4. The number of piperidine rings is 3. The highest BCUT2D eigenvalue weighted by atomic mass is 19.2. The first-order chi connectivity index (χ1) is 12.1. The number of benzene rings is 1. The summed E-state index contributed by atoms with van der Waals surface area (Å²) in [6, 6.07) is 4.89. The minimum absolute atomic E-state index is 0.0948. The van der Waals surface area contributed by atoms with E-state index in [4.69, 9.17) is 4.52 Å². The zero-order valence-electron chi connectivity index (χ0n) is 14.0. The van der Waals surface area contributed by atoms with E-state index in [0.717, 1.165) is 25.9 Å². The standard InChI is InChI=1S/C18H20F2N4O/c1-10-21-18(22-25-10)24-9-13(12-3-2-4-14(19)15(12)20)17-16(24)11-5-7-23(17)8-6-11/h2-4,11,13,16-17H,5-9H2,1H3/t13-,16+,17+/m1/s1. The van der Waals surface area contributed by atoms with Gasteiger partial charge >= 0.3 is 0 Å². The van der Waals surface area contributed by atoms with Gasteiger partial charge in [-0.05, 0) is 48.6 Å². The van der Waals surface area contributed by atoms with Gasteiger partial charge in [-0.2, -0.15) is 4.98 Å². The molecule has 1 aromatic carbocycles. The van der Waals surface area contributed by atoms with Crippen molar-refractivity contribution in [1.82, 2.24) is 15.0 Å². The Bertz CT molecular complexity index is 802. The monoisotopic (exact) mass is 346 g/mol. The third kappa shape index (κ3) is 2.21. The van der Waals surface area contributed by atoms with Gasteiger partial charge in [0.2, 0.25) is 5.89 Å². The Kier molecular flexibility index (Phi) is 3.35. The van der Waals surface area contributed by atoms with E-state index < -0.39 is 11.6 Å². The number of rotatable bonds is 2. The van der Waals surface area contributed by atoms with Gasteiger partial charge < -0.3 is 9.42 Å². The van der Waals surface area contributed by atoms with Crippen LogP contribution in [0.3, 0.4) is 0 Å². The Morgan fingerprint density at radius 2 is 1.96 bits per heavy atom. The summed E-state index contributed by atoms with van der Waals surface area (Å²) in [6.07, 6.45) is 2.26. The predicted molar refractivity (Wildman–Crippen MR) is 87.4 cm³/mol. The lowest BCUT2D eigenvalue weighted by Gasteiger charge is -2.51. The van der Waals surface area contributed by atoms with Crippen LogP contribution in [0, 0.1) is 24.5 Å². The largest absolute Gasteiger partial charge is 0.338 e. The number of hydrogen-bond acceptors (Lipinski definition) is 5. The summed E-state index contributed by atoms with van der Waals surface area (Å²) in [5.74, 6) is 0.0331. The van der Waals surface area contributed by atoms with E-state index in [1.54, 1.807) is 19.1 Å². The maximum Gasteiger partial charge on any atom is 0.266 e. The first-order valence-electron chi connectivity index (χ1n) is 8.88. The topological polar surface area (TPSA) is 45.4 Å². The van der Waals surface area contributed by atoms with Crippen molar-refractivity contribution in [3.8, 4) is 0 Å². The van der Waals surface area contributed by atoms with Gasteiger partial charge in [-0.1, -0.05) is 12.1 Å². The number of aromatic nitrogens is 2. The third-order valence-electron chi connectivity index (χ3n) is 6.15. The van der Waals surface area contributed by atoms with Gasteiger partial charge in [-0.3, -0.25) is 4.90 Å². The fraction of sp³-hybridized carbons (Fsp3) is 0.556. The first-order valence-corrected chi connectivity index (χ1v) is 8.88. The van der Waals surface area contributed by atoms with E-state index in [2.05, 4.69) is 19.9 Å². The molecule has 7 heteroatoms. The van der Waals surface area contributed by atoms with Crippen LogP contribution in [0.15, 0.2) is 22.7 Å². The fourth-order valence-corrected chi connectivity index (χ4v) is 5.14. The van der Waals surface area contributed by atoms with Crippen molar-refractivity contribution in [1.29, 1.82) is 0 Å². The highest BCUT2D eigenvalue weighted by molar-refractivity contribution is 5.42. The molecule has 2 aromatic rings. The molecule has 4 aliphatic rings. The molecule has 0 N–H and O–H groups in total. The third-order valence-corrected chi connectivity index (χ3v) is 6.15. The molecule has 0 amide bonds. The smallest absolute Gasteiger partial charge is 0.266 e. The molecule has 6 rings (SSSR count). The molecule has 4 saturated heterocycles. The van der Waals surface area contributed by atoms with Gasteiger partial charge in [0.25, 0.3) is 5.95 Å². The van der Waals surface area contributed by atoms with Crippen LogP contribution in [-0.4, -0.2) is 46.8 Å². The fourth-order valence-electron chi connectivity index (χ4n) is 5.14. The molecular weight excluding hydrogens is 326 g/mol. The van der Waals surface area contributed by atoms with Gasteiger partial charge in [0.1, 0.15) is 0 Å². The number of aryl methyl sites for hydroxylation is 1. The van der Waals surface area contributed by atoms with Crippen molar-refractivity contribution < 1.29 is 13.3 Å². The van der Waals surface area contributed by atoms with E-state index >= 15 is 0 Å². The molecule has 1 aromatic heterocycles. The molecule has 0 aliphatic carbocycles. The van der Waals surface area contributed by atoms with Crippen LogP contribution in [0.4, 0.5) is 14.7 Å². The second-order valence-electron chi connectivity index (χ2n) is 7.37. The Morgan fingerprint density at radius 3 is 2.68 bits per heavy atom. The molecule has 0 spiro atoms. The van der Waals surface area contributed by atoms with Crippen LogP contribution in [0.2, 0.25) is 0 Å². The molecule has 0 saturated carbocycles. The maximum absolute atomic E-state index is 14.5. The van der Waals surface area contributed by atoms with Gasteiger partial charge in [-0.15, -0.1) is 0 Å². The molecule has 5 nitrogen and oxygen atoms in total. The molecule has 2 bridgehead atoms. The lowest BCUT2D eigenvalue weighted by Crippen LogP contribution is -2.60. The SMILES string of the molecule is Cc1nc(N2C[C@H](c3cccc(F)c3F)[C@H]3[C@@H]2C2CCN3CC2)no1. The lowest BCUT2D eigenvalue weighted by atomic mass is 9.75. The van der Waals surface area contributed by atoms with E-state index in [9.17, 15) is 8.78 Å². The molecule has 5 heterocycles. The Balaban J connectivity index is 1.59. The number of hydrogen-bond donors (Lipinski definition) is 0. The van der Waals surface area contributed by atoms with E-state index in [0.29, 0.717) is 29.9 Å². The lowest BCUT2D eigenvalue weighted by molar-refractivity contribution is 0.0348. The minimum atomic E-state index is -0.779. The van der Waals surface area contributed by atoms with Crippen molar-refractivity contribution in [2.75, 3.05) is 24.5 Å². The Morgan fingerprint density at radius 1 is 1.16 bits per heavy atom. The molecule has 3 atom stereocenters. The summed E-state index contributed by atoms with van der Waals surface area (Å²) < 4.78 is 33.5. The average molecular weight is 346 g/mol. The summed E-state index contributed by atoms with van der Waals surface area (Å²) >= 11 is 0. The summed E-state index contributed by atoms with van der Waals surface area (Å²) in [7, 11) is 0. The van der Waals surface area contributed by atoms with E-state index in [1.807, 2.05) is 0 Å². The average Bonchev–Trinajstić information content (AvgIpc) is 3.23. The van der Waals surface area contributed by atoms with Crippen molar-refractivity contribution in [2.24, 2.45) is 5.92 Å². The molecule has 4 fully saturated rings. The van der Waals surface area contributed by atoms with Crippen LogP contribution in [-0.2, 0) is 0 Å². The number of anilines is 1. The molecule has 0 radical (unpaired) electrons.